The Kier molecular flexibility index (Phi) is 6.63. The minimum atomic E-state index is -0.605. The van der Waals surface area contributed by atoms with E-state index < -0.39 is 17.0 Å². The van der Waals surface area contributed by atoms with Crippen molar-refractivity contribution in [3.63, 3.8) is 0 Å². The van der Waals surface area contributed by atoms with Gasteiger partial charge in [0.15, 0.2) is 23.0 Å². The molecule has 8 heteroatoms. The van der Waals surface area contributed by atoms with Crippen molar-refractivity contribution in [2.75, 3.05) is 25.3 Å². The van der Waals surface area contributed by atoms with Crippen LogP contribution in [0.25, 0.3) is 0 Å². The van der Waals surface area contributed by atoms with Crippen molar-refractivity contribution < 1.29 is 19.0 Å². The van der Waals surface area contributed by atoms with Gasteiger partial charge >= 0.3 is 0 Å². The molecular weight excluding hydrogens is 425 g/mol. The summed E-state index contributed by atoms with van der Waals surface area (Å²) in [6, 6.07) is 17.9. The number of fused-ring (bicyclic) bond motifs is 1. The second-order valence-electron chi connectivity index (χ2n) is 8.09. The summed E-state index contributed by atoms with van der Waals surface area (Å²) in [5, 5.41) is 12.0. The Morgan fingerprint density at radius 2 is 1.70 bits per heavy atom. The van der Waals surface area contributed by atoms with Crippen LogP contribution in [0.4, 0.5) is 4.39 Å². The molecule has 1 amide bonds. The average molecular weight is 451 g/mol. The summed E-state index contributed by atoms with van der Waals surface area (Å²) in [5.41, 5.74) is -0.0710. The number of para-hydroxylation sites is 1. The smallest absolute Gasteiger partial charge is 0.277 e. The molecule has 0 radical (unpaired) electrons. The highest BCUT2D eigenvalue weighted by atomic mass is 19.1. The number of aromatic hydroxyl groups is 1. The summed E-state index contributed by atoms with van der Waals surface area (Å²) >= 11 is 0. The predicted octanol–water partition coefficient (Wildman–Crippen LogP) is 3.35. The van der Waals surface area contributed by atoms with Crippen LogP contribution in [0.1, 0.15) is 28.9 Å². The third-order valence-electron chi connectivity index (χ3n) is 5.63. The SMILES string of the molecule is COc1c(F)cccc1CN1CN(CC2CC2)C(=O)c2c(O)c(=O)ccn21.c1ccccc1. The fourth-order valence-electron chi connectivity index (χ4n) is 3.80. The predicted molar refractivity (Wildman–Crippen MR) is 122 cm³/mol. The number of methoxy groups -OCH3 is 1. The summed E-state index contributed by atoms with van der Waals surface area (Å²) in [6.45, 7) is 1.08. The molecule has 2 heterocycles. The number of hydrogen-bond donors (Lipinski definition) is 1. The van der Waals surface area contributed by atoms with Crippen molar-refractivity contribution in [2.24, 2.45) is 5.92 Å². The first-order chi connectivity index (χ1) is 16.0. The topological polar surface area (TPSA) is 75.0 Å². The van der Waals surface area contributed by atoms with Crippen LogP contribution >= 0.6 is 0 Å². The molecule has 7 nitrogen and oxygen atoms in total. The summed E-state index contributed by atoms with van der Waals surface area (Å²) in [4.78, 5) is 26.3. The molecule has 3 aromatic rings. The number of amides is 1. The number of benzene rings is 2. The van der Waals surface area contributed by atoms with Gasteiger partial charge in [0.2, 0.25) is 5.43 Å². The number of rotatable bonds is 5. The molecule has 1 aliphatic heterocycles. The Hall–Kier alpha value is -3.81. The molecule has 2 aliphatic rings. The van der Waals surface area contributed by atoms with E-state index in [2.05, 4.69) is 0 Å². The van der Waals surface area contributed by atoms with Crippen molar-refractivity contribution in [1.82, 2.24) is 9.58 Å². The highest BCUT2D eigenvalue weighted by Gasteiger charge is 2.35. The van der Waals surface area contributed by atoms with Crippen LogP contribution in [0.5, 0.6) is 11.5 Å². The Labute approximate surface area is 191 Å². The lowest BCUT2D eigenvalue weighted by Gasteiger charge is -2.39. The minimum absolute atomic E-state index is 0.0650. The van der Waals surface area contributed by atoms with Gasteiger partial charge in [0.1, 0.15) is 6.67 Å². The van der Waals surface area contributed by atoms with Crippen molar-refractivity contribution in [2.45, 2.75) is 19.4 Å². The molecule has 0 unspecified atom stereocenters. The Balaban J connectivity index is 0.000000376. The zero-order valence-electron chi connectivity index (χ0n) is 18.4. The molecule has 1 aliphatic carbocycles. The number of hydrogen-bond acceptors (Lipinski definition) is 5. The number of carbonyl (C=O) groups is 1. The van der Waals surface area contributed by atoms with Gasteiger partial charge in [-0.25, -0.2) is 4.39 Å². The van der Waals surface area contributed by atoms with Gasteiger partial charge in [-0.05, 0) is 24.8 Å². The largest absolute Gasteiger partial charge is 0.502 e. The molecule has 1 aromatic heterocycles. The number of aromatic nitrogens is 1. The maximum atomic E-state index is 14.0. The van der Waals surface area contributed by atoms with Gasteiger partial charge in [-0.3, -0.25) is 19.3 Å². The van der Waals surface area contributed by atoms with E-state index in [9.17, 15) is 19.1 Å². The van der Waals surface area contributed by atoms with Crippen LogP contribution in [0, 0.1) is 11.7 Å². The Morgan fingerprint density at radius 3 is 2.30 bits per heavy atom. The molecule has 5 rings (SSSR count). The molecular formula is C25H26FN3O4. The summed E-state index contributed by atoms with van der Waals surface area (Å²) in [7, 11) is 1.40. The molecule has 1 N–H and O–H groups in total. The number of pyridine rings is 1. The first-order valence-corrected chi connectivity index (χ1v) is 10.8. The average Bonchev–Trinajstić information content (AvgIpc) is 3.65. The molecule has 172 valence electrons. The van der Waals surface area contributed by atoms with Crippen LogP contribution < -0.4 is 15.2 Å². The fraction of sp³-hybridized carbons (Fsp3) is 0.280. The van der Waals surface area contributed by atoms with Crippen molar-refractivity contribution in [3.05, 3.63) is 94.2 Å². The Bertz CT molecular complexity index is 1150. The van der Waals surface area contributed by atoms with E-state index in [1.807, 2.05) is 36.4 Å². The highest BCUT2D eigenvalue weighted by molar-refractivity contribution is 5.96. The zero-order valence-corrected chi connectivity index (χ0v) is 18.4. The molecule has 0 atom stereocenters. The van der Waals surface area contributed by atoms with E-state index >= 15 is 0 Å². The fourth-order valence-corrected chi connectivity index (χ4v) is 3.80. The normalized spacial score (nSPS) is 14.9. The van der Waals surface area contributed by atoms with E-state index in [0.29, 0.717) is 18.0 Å². The third kappa shape index (κ3) is 5.00. The molecule has 2 aromatic carbocycles. The number of halogens is 1. The first kappa shape index (κ1) is 22.4. The van der Waals surface area contributed by atoms with Gasteiger partial charge in [0.05, 0.1) is 13.7 Å². The third-order valence-corrected chi connectivity index (χ3v) is 5.63. The Morgan fingerprint density at radius 1 is 1.03 bits per heavy atom. The number of carbonyl (C=O) groups excluding carboxylic acids is 1. The van der Waals surface area contributed by atoms with Gasteiger partial charge in [-0.1, -0.05) is 48.5 Å². The second kappa shape index (κ2) is 9.77. The number of nitrogens with zero attached hydrogens (tertiary/aromatic N) is 3. The lowest BCUT2D eigenvalue weighted by atomic mass is 10.1. The molecule has 0 bridgehead atoms. The van der Waals surface area contributed by atoms with Gasteiger partial charge in [-0.15, -0.1) is 0 Å². The molecule has 1 fully saturated rings. The van der Waals surface area contributed by atoms with Gasteiger partial charge in [-0.2, -0.15) is 0 Å². The minimum Gasteiger partial charge on any atom is -0.502 e. The van der Waals surface area contributed by atoms with E-state index in [1.54, 1.807) is 22.0 Å². The maximum absolute atomic E-state index is 14.0. The summed E-state index contributed by atoms with van der Waals surface area (Å²) < 4.78 is 20.7. The second-order valence-corrected chi connectivity index (χ2v) is 8.09. The van der Waals surface area contributed by atoms with Gasteiger partial charge in [0.25, 0.3) is 5.91 Å². The van der Waals surface area contributed by atoms with Crippen molar-refractivity contribution >= 4 is 5.91 Å². The van der Waals surface area contributed by atoms with E-state index in [1.165, 1.54) is 30.1 Å². The molecule has 0 spiro atoms. The van der Waals surface area contributed by atoms with Crippen LogP contribution in [-0.4, -0.2) is 40.9 Å². The zero-order chi connectivity index (χ0) is 23.4. The molecule has 33 heavy (non-hydrogen) atoms. The van der Waals surface area contributed by atoms with Gasteiger partial charge in [0, 0.05) is 24.4 Å². The number of ether oxygens (including phenoxy) is 1. The summed E-state index contributed by atoms with van der Waals surface area (Å²) in [6.07, 6.45) is 3.58. The van der Waals surface area contributed by atoms with Crippen LogP contribution in [0.3, 0.4) is 0 Å². The van der Waals surface area contributed by atoms with E-state index in [4.69, 9.17) is 4.74 Å². The van der Waals surface area contributed by atoms with Crippen LogP contribution in [-0.2, 0) is 6.54 Å². The van der Waals surface area contributed by atoms with E-state index in [-0.39, 0.29) is 30.6 Å². The lowest BCUT2D eigenvalue weighted by Crippen LogP contribution is -2.54. The monoisotopic (exact) mass is 451 g/mol. The van der Waals surface area contributed by atoms with Crippen LogP contribution in [0.2, 0.25) is 0 Å². The van der Waals surface area contributed by atoms with Crippen molar-refractivity contribution in [3.8, 4) is 11.5 Å². The van der Waals surface area contributed by atoms with Crippen LogP contribution in [0.15, 0.2) is 71.7 Å². The van der Waals surface area contributed by atoms with Gasteiger partial charge < -0.3 is 14.7 Å². The molecule has 1 saturated carbocycles. The summed E-state index contributed by atoms with van der Waals surface area (Å²) in [5.74, 6) is -0.835. The lowest BCUT2D eigenvalue weighted by molar-refractivity contribution is 0.0676. The quantitative estimate of drug-likeness (QED) is 0.644. The maximum Gasteiger partial charge on any atom is 0.277 e. The first-order valence-electron chi connectivity index (χ1n) is 10.8. The van der Waals surface area contributed by atoms with E-state index in [0.717, 1.165) is 12.8 Å². The molecule has 0 saturated heterocycles. The standard InChI is InChI=1S/C19H20FN3O4.C6H6/c1-27-18-13(3-2-4-14(18)20)10-22-11-21(9-12-5-6-12)19(26)16-17(25)15(24)7-8-23(16)22;1-2-4-6-5-3-1/h2-4,7-8,12,25H,5-6,9-11H2,1H3;1-6H. The highest BCUT2D eigenvalue weighted by Crippen LogP contribution is 2.32. The van der Waals surface area contributed by atoms with Crippen molar-refractivity contribution in [1.29, 1.82) is 0 Å².